The first kappa shape index (κ1) is 22.9. The summed E-state index contributed by atoms with van der Waals surface area (Å²) in [6, 6.07) is 8.15. The highest BCUT2D eigenvalue weighted by atomic mass is 15.5. The number of fused-ring (bicyclic) bond motifs is 1. The van der Waals surface area contributed by atoms with Crippen LogP contribution >= 0.6 is 0 Å². The molecule has 2 aromatic rings. The van der Waals surface area contributed by atoms with Gasteiger partial charge in [-0.25, -0.2) is 0 Å². The van der Waals surface area contributed by atoms with E-state index in [0.29, 0.717) is 0 Å². The zero-order chi connectivity index (χ0) is 19.9. The van der Waals surface area contributed by atoms with Crippen LogP contribution in [0.1, 0.15) is 90.9 Å². The quantitative estimate of drug-likeness (QED) is 0.293. The Kier molecular flexibility index (Phi) is 11.9. The molecule has 1 aromatic carbocycles. The van der Waals surface area contributed by atoms with E-state index >= 15 is 0 Å². The van der Waals surface area contributed by atoms with Gasteiger partial charge >= 0.3 is 0 Å². The van der Waals surface area contributed by atoms with Crippen molar-refractivity contribution in [3.05, 3.63) is 24.3 Å². The van der Waals surface area contributed by atoms with Crippen LogP contribution < -0.4 is 0 Å². The average molecular weight is 387 g/mol. The predicted molar refractivity (Wildman–Crippen MR) is 121 cm³/mol. The molecule has 0 aliphatic carbocycles. The number of aromatic nitrogens is 3. The fourth-order valence-electron chi connectivity index (χ4n) is 3.80. The van der Waals surface area contributed by atoms with Gasteiger partial charge < -0.3 is 4.90 Å². The lowest BCUT2D eigenvalue weighted by molar-refractivity contribution is 0.242. The summed E-state index contributed by atoms with van der Waals surface area (Å²) >= 11 is 0. The topological polar surface area (TPSA) is 34.0 Å². The molecule has 4 heteroatoms. The Bertz CT molecular complexity index is 573. The molecular formula is C24H42N4. The first-order valence-corrected chi connectivity index (χ1v) is 11.9. The van der Waals surface area contributed by atoms with Gasteiger partial charge in [0.25, 0.3) is 0 Å². The Morgan fingerprint density at radius 3 is 1.61 bits per heavy atom. The summed E-state index contributed by atoms with van der Waals surface area (Å²) < 4.78 is 0. The molecule has 0 N–H and O–H groups in total. The van der Waals surface area contributed by atoms with E-state index in [1.807, 2.05) is 29.1 Å². The summed E-state index contributed by atoms with van der Waals surface area (Å²) in [5.41, 5.74) is 2.00. The van der Waals surface area contributed by atoms with E-state index in [1.54, 1.807) is 0 Å². The zero-order valence-electron chi connectivity index (χ0n) is 18.4. The standard InChI is InChI=1S/C24H42N4/c1-3-5-7-9-11-15-19-27(20-16-12-10-8-6-4-2)21-22-28-25-23-17-13-14-18-24(23)26-28/h13-14,17-18H,3-12,15-16,19-22H2,1-2H3. The van der Waals surface area contributed by atoms with Crippen LogP contribution in [0.3, 0.4) is 0 Å². The van der Waals surface area contributed by atoms with Crippen LogP contribution in [-0.2, 0) is 6.54 Å². The van der Waals surface area contributed by atoms with Crippen LogP contribution in [0.5, 0.6) is 0 Å². The van der Waals surface area contributed by atoms with Crippen LogP contribution in [-0.4, -0.2) is 39.5 Å². The maximum Gasteiger partial charge on any atom is 0.113 e. The van der Waals surface area contributed by atoms with Gasteiger partial charge in [-0.15, -0.1) is 0 Å². The molecule has 0 atom stereocenters. The molecule has 1 heterocycles. The highest BCUT2D eigenvalue weighted by Gasteiger charge is 2.07. The summed E-state index contributed by atoms with van der Waals surface area (Å²) in [5.74, 6) is 0. The lowest BCUT2D eigenvalue weighted by atomic mass is 10.1. The fourth-order valence-corrected chi connectivity index (χ4v) is 3.80. The molecule has 0 aliphatic heterocycles. The van der Waals surface area contributed by atoms with E-state index < -0.39 is 0 Å². The molecule has 28 heavy (non-hydrogen) atoms. The van der Waals surface area contributed by atoms with Crippen LogP contribution in [0.4, 0.5) is 0 Å². The second-order valence-corrected chi connectivity index (χ2v) is 8.16. The van der Waals surface area contributed by atoms with Gasteiger partial charge in [0, 0.05) is 6.54 Å². The minimum absolute atomic E-state index is 0.889. The Hall–Kier alpha value is -1.42. The molecule has 0 saturated carbocycles. The van der Waals surface area contributed by atoms with E-state index in [4.69, 9.17) is 0 Å². The van der Waals surface area contributed by atoms with Crippen molar-refractivity contribution in [3.8, 4) is 0 Å². The minimum atomic E-state index is 0.889. The summed E-state index contributed by atoms with van der Waals surface area (Å²) in [7, 11) is 0. The second-order valence-electron chi connectivity index (χ2n) is 8.16. The van der Waals surface area contributed by atoms with Gasteiger partial charge in [0.05, 0.1) is 6.54 Å². The van der Waals surface area contributed by atoms with E-state index in [0.717, 1.165) is 24.1 Å². The largest absolute Gasteiger partial charge is 0.301 e. The van der Waals surface area contributed by atoms with E-state index in [-0.39, 0.29) is 0 Å². The van der Waals surface area contributed by atoms with Crippen molar-refractivity contribution in [2.45, 2.75) is 97.4 Å². The third-order valence-electron chi connectivity index (χ3n) is 5.60. The van der Waals surface area contributed by atoms with Crippen molar-refractivity contribution in [1.29, 1.82) is 0 Å². The number of benzene rings is 1. The molecule has 4 nitrogen and oxygen atoms in total. The SMILES string of the molecule is CCCCCCCCN(CCCCCCCC)CCn1nc2ccccc2n1. The van der Waals surface area contributed by atoms with Crippen LogP contribution in [0.25, 0.3) is 11.0 Å². The normalized spacial score (nSPS) is 11.7. The Morgan fingerprint density at radius 2 is 1.11 bits per heavy atom. The van der Waals surface area contributed by atoms with Crippen molar-refractivity contribution in [2.24, 2.45) is 0 Å². The van der Waals surface area contributed by atoms with Gasteiger partial charge in [-0.2, -0.15) is 15.0 Å². The average Bonchev–Trinajstić information content (AvgIpc) is 3.13. The van der Waals surface area contributed by atoms with Crippen molar-refractivity contribution in [3.63, 3.8) is 0 Å². The first-order valence-electron chi connectivity index (χ1n) is 11.9. The van der Waals surface area contributed by atoms with Gasteiger partial charge in [0.15, 0.2) is 0 Å². The Labute approximate surface area is 172 Å². The smallest absolute Gasteiger partial charge is 0.113 e. The van der Waals surface area contributed by atoms with E-state index in [1.165, 1.54) is 90.1 Å². The highest BCUT2D eigenvalue weighted by Crippen LogP contribution is 2.10. The van der Waals surface area contributed by atoms with Gasteiger partial charge in [0.1, 0.15) is 11.0 Å². The van der Waals surface area contributed by atoms with Crippen molar-refractivity contribution in [2.75, 3.05) is 19.6 Å². The number of hydrogen-bond acceptors (Lipinski definition) is 3. The third-order valence-corrected chi connectivity index (χ3v) is 5.60. The number of rotatable bonds is 17. The monoisotopic (exact) mass is 386 g/mol. The number of nitrogens with zero attached hydrogens (tertiary/aromatic N) is 4. The molecule has 0 spiro atoms. The van der Waals surface area contributed by atoms with Gasteiger partial charge in [-0.1, -0.05) is 90.2 Å². The molecule has 0 aliphatic rings. The lowest BCUT2D eigenvalue weighted by Crippen LogP contribution is -2.30. The van der Waals surface area contributed by atoms with Gasteiger partial charge in [0.2, 0.25) is 0 Å². The minimum Gasteiger partial charge on any atom is -0.301 e. The van der Waals surface area contributed by atoms with Crippen molar-refractivity contribution >= 4 is 11.0 Å². The zero-order valence-corrected chi connectivity index (χ0v) is 18.4. The molecule has 0 fully saturated rings. The second kappa shape index (κ2) is 14.6. The van der Waals surface area contributed by atoms with E-state index in [9.17, 15) is 0 Å². The van der Waals surface area contributed by atoms with Gasteiger partial charge in [-0.3, -0.25) is 0 Å². The molecule has 0 bridgehead atoms. The number of unbranched alkanes of at least 4 members (excludes halogenated alkanes) is 10. The fraction of sp³-hybridized carbons (Fsp3) is 0.750. The highest BCUT2D eigenvalue weighted by molar-refractivity contribution is 5.72. The maximum atomic E-state index is 4.62. The van der Waals surface area contributed by atoms with Crippen molar-refractivity contribution in [1.82, 2.24) is 19.9 Å². The lowest BCUT2D eigenvalue weighted by Gasteiger charge is -2.22. The molecule has 0 unspecified atom stereocenters. The Morgan fingerprint density at radius 1 is 0.643 bits per heavy atom. The maximum absolute atomic E-state index is 4.62. The molecule has 2 rings (SSSR count). The molecule has 0 radical (unpaired) electrons. The first-order chi connectivity index (χ1) is 13.8. The van der Waals surface area contributed by atoms with Crippen molar-refractivity contribution < 1.29 is 0 Å². The molecule has 0 amide bonds. The Balaban J connectivity index is 1.73. The van der Waals surface area contributed by atoms with Crippen LogP contribution in [0, 0.1) is 0 Å². The van der Waals surface area contributed by atoms with Gasteiger partial charge in [-0.05, 0) is 38.1 Å². The summed E-state index contributed by atoms with van der Waals surface area (Å²) in [4.78, 5) is 4.54. The predicted octanol–water partition coefficient (Wildman–Crippen LogP) is 6.45. The molecule has 0 saturated heterocycles. The van der Waals surface area contributed by atoms with E-state index in [2.05, 4.69) is 28.9 Å². The summed E-state index contributed by atoms with van der Waals surface area (Å²) in [5, 5.41) is 9.25. The summed E-state index contributed by atoms with van der Waals surface area (Å²) in [6.45, 7) is 8.97. The van der Waals surface area contributed by atoms with Crippen LogP contribution in [0.2, 0.25) is 0 Å². The molecule has 158 valence electrons. The third kappa shape index (κ3) is 9.18. The number of hydrogen-bond donors (Lipinski definition) is 0. The molecular weight excluding hydrogens is 344 g/mol. The summed E-state index contributed by atoms with van der Waals surface area (Å²) in [6.07, 6.45) is 16.4. The van der Waals surface area contributed by atoms with Crippen LogP contribution in [0.15, 0.2) is 24.3 Å². The molecule has 1 aromatic heterocycles.